The van der Waals surface area contributed by atoms with Crippen molar-refractivity contribution in [2.45, 2.75) is 26.8 Å². The number of aromatic carboxylic acids is 1. The lowest BCUT2D eigenvalue weighted by Crippen LogP contribution is -2.23. The number of carbonyl (C=O) groups excluding carboxylic acids is 2. The zero-order chi connectivity index (χ0) is 15.8. The van der Waals surface area contributed by atoms with E-state index < -0.39 is 11.9 Å². The van der Waals surface area contributed by atoms with Gasteiger partial charge in [-0.1, -0.05) is 0 Å². The van der Waals surface area contributed by atoms with Gasteiger partial charge in [0.25, 0.3) is 0 Å². The van der Waals surface area contributed by atoms with Gasteiger partial charge in [0.05, 0.1) is 18.4 Å². The molecule has 0 saturated heterocycles. The Bertz CT molecular complexity index is 562. The van der Waals surface area contributed by atoms with Gasteiger partial charge in [-0.3, -0.25) is 9.48 Å². The van der Waals surface area contributed by atoms with E-state index in [4.69, 9.17) is 9.84 Å². The van der Waals surface area contributed by atoms with Crippen molar-refractivity contribution < 1.29 is 24.2 Å². The summed E-state index contributed by atoms with van der Waals surface area (Å²) in [6.45, 7) is 3.77. The first-order valence-electron chi connectivity index (χ1n) is 6.33. The molecule has 0 bridgehead atoms. The third-order valence-electron chi connectivity index (χ3n) is 2.41. The number of hydrogen-bond acceptors (Lipinski definition) is 5. The number of carbonyl (C=O) groups is 3. The predicted molar refractivity (Wildman–Crippen MR) is 72.3 cm³/mol. The summed E-state index contributed by atoms with van der Waals surface area (Å²) >= 11 is 0. The van der Waals surface area contributed by atoms with Crippen molar-refractivity contribution in [3.05, 3.63) is 29.7 Å². The zero-order valence-corrected chi connectivity index (χ0v) is 11.8. The van der Waals surface area contributed by atoms with Crippen LogP contribution >= 0.6 is 0 Å². The molecule has 0 aliphatic carbocycles. The Morgan fingerprint density at radius 1 is 1.48 bits per heavy atom. The smallest absolute Gasteiger partial charge is 0.338 e. The van der Waals surface area contributed by atoms with Crippen molar-refractivity contribution in [1.82, 2.24) is 15.1 Å². The van der Waals surface area contributed by atoms with E-state index in [1.165, 1.54) is 23.2 Å². The monoisotopic (exact) mass is 295 g/mol. The number of allylic oxidation sites excluding steroid dienone is 1. The van der Waals surface area contributed by atoms with Crippen LogP contribution in [-0.2, 0) is 20.9 Å². The van der Waals surface area contributed by atoms with Gasteiger partial charge in [0, 0.05) is 30.9 Å². The van der Waals surface area contributed by atoms with Crippen LogP contribution in [-0.4, -0.2) is 39.3 Å². The summed E-state index contributed by atoms with van der Waals surface area (Å²) in [5.74, 6) is -1.90. The summed E-state index contributed by atoms with van der Waals surface area (Å²) < 4.78 is 6.08. The molecule has 0 spiro atoms. The number of hydrogen-bond donors (Lipinski definition) is 2. The highest BCUT2D eigenvalue weighted by Crippen LogP contribution is 1.99. The van der Waals surface area contributed by atoms with E-state index in [-0.39, 0.29) is 31.0 Å². The van der Waals surface area contributed by atoms with Crippen molar-refractivity contribution in [2.24, 2.45) is 0 Å². The molecule has 8 nitrogen and oxygen atoms in total. The van der Waals surface area contributed by atoms with Gasteiger partial charge in [-0.05, 0) is 13.8 Å². The molecule has 21 heavy (non-hydrogen) atoms. The minimum absolute atomic E-state index is 0.0637. The Morgan fingerprint density at radius 3 is 2.76 bits per heavy atom. The molecule has 0 unspecified atom stereocenters. The van der Waals surface area contributed by atoms with Gasteiger partial charge in [-0.25, -0.2) is 9.59 Å². The first-order valence-corrected chi connectivity index (χ1v) is 6.33. The largest absolute Gasteiger partial charge is 0.478 e. The molecule has 1 rings (SSSR count). The van der Waals surface area contributed by atoms with E-state index in [1.54, 1.807) is 13.8 Å². The van der Waals surface area contributed by atoms with E-state index in [9.17, 15) is 14.4 Å². The molecule has 0 aliphatic rings. The zero-order valence-electron chi connectivity index (χ0n) is 11.8. The van der Waals surface area contributed by atoms with Crippen molar-refractivity contribution in [1.29, 1.82) is 0 Å². The Balaban J connectivity index is 2.43. The lowest BCUT2D eigenvalue weighted by Gasteiger charge is -2.05. The van der Waals surface area contributed by atoms with Crippen LogP contribution in [0.4, 0.5) is 0 Å². The molecule has 0 fully saturated rings. The quantitative estimate of drug-likeness (QED) is 0.561. The number of nitrogens with zero attached hydrogens (tertiary/aromatic N) is 2. The van der Waals surface area contributed by atoms with Crippen molar-refractivity contribution in [2.75, 3.05) is 6.61 Å². The molecule has 8 heteroatoms. The highest BCUT2D eigenvalue weighted by molar-refractivity contribution is 5.87. The molecule has 0 aliphatic heterocycles. The molecular formula is C13H17N3O5. The number of esters is 1. The van der Waals surface area contributed by atoms with Gasteiger partial charge >= 0.3 is 11.9 Å². The highest BCUT2D eigenvalue weighted by atomic mass is 16.5. The Hall–Kier alpha value is -2.64. The Morgan fingerprint density at radius 2 is 2.19 bits per heavy atom. The molecule has 0 aromatic carbocycles. The minimum atomic E-state index is -1.07. The molecule has 1 aromatic heterocycles. The maximum Gasteiger partial charge on any atom is 0.338 e. The van der Waals surface area contributed by atoms with Crippen LogP contribution in [0.3, 0.4) is 0 Å². The number of nitrogens with one attached hydrogen (secondary N) is 1. The summed E-state index contributed by atoms with van der Waals surface area (Å²) in [5.41, 5.74) is 0.443. The normalized spacial score (nSPS) is 11.0. The summed E-state index contributed by atoms with van der Waals surface area (Å²) in [6, 6.07) is 0. The number of carboxylic acids is 1. The van der Waals surface area contributed by atoms with E-state index in [2.05, 4.69) is 10.4 Å². The molecule has 1 heterocycles. The maximum atomic E-state index is 11.6. The Labute approximate surface area is 121 Å². The Kier molecular flexibility index (Phi) is 6.12. The molecule has 1 aromatic rings. The van der Waals surface area contributed by atoms with Crippen molar-refractivity contribution >= 4 is 17.8 Å². The van der Waals surface area contributed by atoms with Gasteiger partial charge in [-0.15, -0.1) is 0 Å². The number of rotatable bonds is 7. The van der Waals surface area contributed by atoms with E-state index in [0.717, 1.165) is 0 Å². The molecule has 0 radical (unpaired) electrons. The van der Waals surface area contributed by atoms with Gasteiger partial charge < -0.3 is 15.2 Å². The molecule has 0 atom stereocenters. The van der Waals surface area contributed by atoms with Gasteiger partial charge in [-0.2, -0.15) is 5.10 Å². The highest BCUT2D eigenvalue weighted by Gasteiger charge is 2.08. The fourth-order valence-electron chi connectivity index (χ4n) is 1.49. The second kappa shape index (κ2) is 7.83. The number of carboxylic acid groups (broad SMARTS) is 1. The number of amides is 1. The molecule has 1 amide bonds. The van der Waals surface area contributed by atoms with Crippen LogP contribution in [0.1, 0.15) is 30.6 Å². The van der Waals surface area contributed by atoms with Crippen LogP contribution < -0.4 is 5.32 Å². The van der Waals surface area contributed by atoms with Crippen LogP contribution in [0.5, 0.6) is 0 Å². The van der Waals surface area contributed by atoms with Gasteiger partial charge in [0.2, 0.25) is 5.91 Å². The lowest BCUT2D eigenvalue weighted by atomic mass is 10.3. The van der Waals surface area contributed by atoms with Crippen molar-refractivity contribution in [3.8, 4) is 0 Å². The average Bonchev–Trinajstić information content (AvgIpc) is 2.85. The predicted octanol–water partition coefficient (Wildman–Crippen LogP) is 0.554. The summed E-state index contributed by atoms with van der Waals surface area (Å²) in [6.07, 6.45) is 3.86. The number of aromatic nitrogens is 2. The molecule has 0 saturated carbocycles. The van der Waals surface area contributed by atoms with Crippen LogP contribution in [0.2, 0.25) is 0 Å². The summed E-state index contributed by atoms with van der Waals surface area (Å²) in [7, 11) is 0. The standard InChI is InChI=1S/C13H17N3O5/c1-3-21-12(18)6-9(2)15-11(17)4-5-16-8-10(7-14-16)13(19)20/h6-8H,3-5H2,1-2H3,(H,15,17)(H,19,20)/b9-6+. The average molecular weight is 295 g/mol. The maximum absolute atomic E-state index is 11.6. The molecular weight excluding hydrogens is 278 g/mol. The van der Waals surface area contributed by atoms with Crippen molar-refractivity contribution in [3.63, 3.8) is 0 Å². The first kappa shape index (κ1) is 16.4. The minimum Gasteiger partial charge on any atom is -0.478 e. The fraction of sp³-hybridized carbons (Fsp3) is 0.385. The number of ether oxygens (including phenoxy) is 1. The number of aryl methyl sites for hydroxylation is 1. The second-order valence-corrected chi connectivity index (χ2v) is 4.17. The lowest BCUT2D eigenvalue weighted by molar-refractivity contribution is -0.137. The van der Waals surface area contributed by atoms with Crippen LogP contribution in [0.15, 0.2) is 24.2 Å². The van der Waals surface area contributed by atoms with Gasteiger partial charge in [0.1, 0.15) is 0 Å². The van der Waals surface area contributed by atoms with E-state index in [1.807, 2.05) is 0 Å². The summed E-state index contributed by atoms with van der Waals surface area (Å²) in [4.78, 5) is 33.5. The van der Waals surface area contributed by atoms with E-state index >= 15 is 0 Å². The SMILES string of the molecule is CCOC(=O)/C=C(\C)NC(=O)CCn1cc(C(=O)O)cn1. The third kappa shape index (κ3) is 5.89. The van der Waals surface area contributed by atoms with Gasteiger partial charge in [0.15, 0.2) is 0 Å². The molecule has 114 valence electrons. The van der Waals surface area contributed by atoms with E-state index in [0.29, 0.717) is 5.70 Å². The first-order chi connectivity index (χ1) is 9.92. The van der Waals surface area contributed by atoms with Crippen LogP contribution in [0, 0.1) is 0 Å². The topological polar surface area (TPSA) is 111 Å². The van der Waals surface area contributed by atoms with Crippen LogP contribution in [0.25, 0.3) is 0 Å². The third-order valence-corrected chi connectivity index (χ3v) is 2.41. The summed E-state index contributed by atoms with van der Waals surface area (Å²) in [5, 5.41) is 15.1. The molecule has 2 N–H and O–H groups in total. The fourth-order valence-corrected chi connectivity index (χ4v) is 1.49. The second-order valence-electron chi connectivity index (χ2n) is 4.17.